The Morgan fingerprint density at radius 1 is 1.22 bits per heavy atom. The van der Waals surface area contributed by atoms with Crippen molar-refractivity contribution in [3.8, 4) is 10.6 Å². The largest absolute Gasteiger partial charge is 0.466 e. The van der Waals surface area contributed by atoms with Crippen LogP contribution in [0.25, 0.3) is 10.6 Å². The van der Waals surface area contributed by atoms with E-state index in [-0.39, 0.29) is 31.3 Å². The third kappa shape index (κ3) is 4.48. The smallest absolute Gasteiger partial charge is 0.306 e. The highest BCUT2D eigenvalue weighted by atomic mass is 32.1. The Labute approximate surface area is 160 Å². The number of esters is 1. The molecule has 0 unspecified atom stereocenters. The molecule has 0 aliphatic carbocycles. The van der Waals surface area contributed by atoms with E-state index in [4.69, 9.17) is 4.74 Å². The van der Waals surface area contributed by atoms with Crippen LogP contribution < -0.4 is 0 Å². The highest BCUT2D eigenvalue weighted by Crippen LogP contribution is 2.24. The summed E-state index contributed by atoms with van der Waals surface area (Å²) in [6.45, 7) is 2.90. The first kappa shape index (κ1) is 19.0. The molecule has 0 radical (unpaired) electrons. The van der Waals surface area contributed by atoms with Crippen molar-refractivity contribution < 1.29 is 19.1 Å². The van der Waals surface area contributed by atoms with Crippen LogP contribution in [-0.4, -0.2) is 57.5 Å². The maximum absolute atomic E-state index is 12.8. The molecular weight excluding hydrogens is 368 g/mol. The summed E-state index contributed by atoms with van der Waals surface area (Å²) in [7, 11) is 0. The molecule has 2 amide bonds. The highest BCUT2D eigenvalue weighted by molar-refractivity contribution is 7.13. The molecule has 0 bridgehead atoms. The molecule has 0 saturated carbocycles. The van der Waals surface area contributed by atoms with Crippen molar-refractivity contribution in [2.45, 2.75) is 26.2 Å². The van der Waals surface area contributed by atoms with E-state index in [9.17, 15) is 14.4 Å². The lowest BCUT2D eigenvalue weighted by Crippen LogP contribution is -2.45. The first-order valence-corrected chi connectivity index (χ1v) is 9.61. The van der Waals surface area contributed by atoms with Crippen LogP contribution in [0.15, 0.2) is 29.9 Å². The monoisotopic (exact) mass is 388 g/mol. The fourth-order valence-electron chi connectivity index (χ4n) is 2.78. The van der Waals surface area contributed by atoms with Gasteiger partial charge in [0.25, 0.3) is 5.91 Å². The van der Waals surface area contributed by atoms with Crippen LogP contribution in [0.3, 0.4) is 0 Å². The zero-order valence-electron chi connectivity index (χ0n) is 15.0. The van der Waals surface area contributed by atoms with Gasteiger partial charge in [-0.3, -0.25) is 24.4 Å². The van der Waals surface area contributed by atoms with E-state index in [1.165, 1.54) is 21.4 Å². The number of ether oxygens (including phenoxy) is 1. The Bertz CT molecular complexity index is 824. The zero-order valence-corrected chi connectivity index (χ0v) is 15.8. The first-order chi connectivity index (χ1) is 13.1. The summed E-state index contributed by atoms with van der Waals surface area (Å²) in [6.07, 6.45) is 4.07. The van der Waals surface area contributed by atoms with Gasteiger partial charge in [0.1, 0.15) is 10.7 Å². The Morgan fingerprint density at radius 2 is 2.04 bits per heavy atom. The standard InChI is InChI=1S/C18H20N4O4S/c1-2-26-16(24)7-6-15(23)21-9-4-10-22(21)18(25)14-12-27-17(20-14)13-5-3-8-19-11-13/h3,5,8,11-12H,2,4,6-7,9-10H2,1H3. The number of carbonyl (C=O) groups is 3. The van der Waals surface area contributed by atoms with Gasteiger partial charge in [-0.1, -0.05) is 0 Å². The molecule has 0 N–H and O–H groups in total. The Morgan fingerprint density at radius 3 is 2.78 bits per heavy atom. The number of hydrogen-bond donors (Lipinski definition) is 0. The lowest BCUT2D eigenvalue weighted by Gasteiger charge is -2.27. The maximum Gasteiger partial charge on any atom is 0.306 e. The van der Waals surface area contributed by atoms with Crippen LogP contribution >= 0.6 is 11.3 Å². The third-order valence-electron chi connectivity index (χ3n) is 4.03. The molecule has 142 valence electrons. The maximum atomic E-state index is 12.8. The van der Waals surface area contributed by atoms with Crippen LogP contribution in [0.2, 0.25) is 0 Å². The number of thiazole rings is 1. The van der Waals surface area contributed by atoms with Gasteiger partial charge in [-0.15, -0.1) is 11.3 Å². The topological polar surface area (TPSA) is 92.7 Å². The van der Waals surface area contributed by atoms with Crippen molar-refractivity contribution in [1.82, 2.24) is 20.0 Å². The van der Waals surface area contributed by atoms with Crippen LogP contribution in [0.1, 0.15) is 36.7 Å². The van der Waals surface area contributed by atoms with Crippen molar-refractivity contribution in [3.63, 3.8) is 0 Å². The molecular formula is C18H20N4O4S. The van der Waals surface area contributed by atoms with Gasteiger partial charge < -0.3 is 4.74 Å². The van der Waals surface area contributed by atoms with Gasteiger partial charge in [0.05, 0.1) is 13.0 Å². The number of aromatic nitrogens is 2. The summed E-state index contributed by atoms with van der Waals surface area (Å²) in [4.78, 5) is 45.1. The lowest BCUT2D eigenvalue weighted by molar-refractivity contribution is -0.148. The second-order valence-corrected chi connectivity index (χ2v) is 6.74. The minimum atomic E-state index is -0.413. The average Bonchev–Trinajstić information content (AvgIpc) is 3.36. The molecule has 1 fully saturated rings. The Balaban J connectivity index is 1.66. The van der Waals surface area contributed by atoms with Gasteiger partial charge in [0.2, 0.25) is 5.91 Å². The second-order valence-electron chi connectivity index (χ2n) is 5.88. The van der Waals surface area contributed by atoms with Crippen LogP contribution in [0.5, 0.6) is 0 Å². The van der Waals surface area contributed by atoms with Gasteiger partial charge in [-0.25, -0.2) is 9.99 Å². The normalized spacial score (nSPS) is 13.7. The molecule has 0 atom stereocenters. The van der Waals surface area contributed by atoms with Crippen LogP contribution in [0, 0.1) is 0 Å². The minimum absolute atomic E-state index is 0.00700. The number of pyridine rings is 1. The number of hydrazine groups is 1. The number of carbonyl (C=O) groups excluding carboxylic acids is 3. The molecule has 8 nitrogen and oxygen atoms in total. The van der Waals surface area contributed by atoms with E-state index in [1.807, 2.05) is 12.1 Å². The van der Waals surface area contributed by atoms with E-state index in [1.54, 1.807) is 24.7 Å². The minimum Gasteiger partial charge on any atom is -0.466 e. The number of amides is 2. The molecule has 3 heterocycles. The molecule has 9 heteroatoms. The predicted molar refractivity (Wildman–Crippen MR) is 98.6 cm³/mol. The van der Waals surface area contributed by atoms with E-state index >= 15 is 0 Å². The van der Waals surface area contributed by atoms with Crippen LogP contribution in [-0.2, 0) is 14.3 Å². The van der Waals surface area contributed by atoms with Crippen molar-refractivity contribution in [2.24, 2.45) is 0 Å². The molecule has 1 aliphatic heterocycles. The number of nitrogens with zero attached hydrogens (tertiary/aromatic N) is 4. The summed E-state index contributed by atoms with van der Waals surface area (Å²) in [5.41, 5.74) is 1.13. The summed E-state index contributed by atoms with van der Waals surface area (Å²) < 4.78 is 4.84. The van der Waals surface area contributed by atoms with E-state index in [2.05, 4.69) is 9.97 Å². The molecule has 2 aromatic heterocycles. The van der Waals surface area contributed by atoms with E-state index in [0.29, 0.717) is 30.2 Å². The molecule has 27 heavy (non-hydrogen) atoms. The van der Waals surface area contributed by atoms with Gasteiger partial charge in [0.15, 0.2) is 0 Å². The molecule has 1 saturated heterocycles. The fraction of sp³-hybridized carbons (Fsp3) is 0.389. The first-order valence-electron chi connectivity index (χ1n) is 8.74. The highest BCUT2D eigenvalue weighted by Gasteiger charge is 2.32. The number of hydrogen-bond acceptors (Lipinski definition) is 7. The quantitative estimate of drug-likeness (QED) is 0.704. The molecule has 0 spiro atoms. The summed E-state index contributed by atoms with van der Waals surface area (Å²) in [5, 5.41) is 5.20. The number of rotatable bonds is 6. The zero-order chi connectivity index (χ0) is 19.2. The van der Waals surface area contributed by atoms with Gasteiger partial charge in [-0.2, -0.15) is 0 Å². The van der Waals surface area contributed by atoms with Gasteiger partial charge in [0, 0.05) is 42.8 Å². The summed E-state index contributed by atoms with van der Waals surface area (Å²) in [5.74, 6) is -0.997. The van der Waals surface area contributed by atoms with Crippen LogP contribution in [0.4, 0.5) is 0 Å². The van der Waals surface area contributed by atoms with E-state index in [0.717, 1.165) is 5.56 Å². The Kier molecular flexibility index (Phi) is 6.12. The average molecular weight is 388 g/mol. The van der Waals surface area contributed by atoms with Crippen molar-refractivity contribution >= 4 is 29.1 Å². The second kappa shape index (κ2) is 8.72. The van der Waals surface area contributed by atoms with Crippen molar-refractivity contribution in [1.29, 1.82) is 0 Å². The fourth-order valence-corrected chi connectivity index (χ4v) is 3.56. The molecule has 1 aliphatic rings. The molecule has 3 rings (SSSR count). The molecule has 2 aromatic rings. The van der Waals surface area contributed by atoms with Gasteiger partial charge >= 0.3 is 5.97 Å². The summed E-state index contributed by atoms with van der Waals surface area (Å²) >= 11 is 1.36. The predicted octanol–water partition coefficient (Wildman–Crippen LogP) is 2.14. The van der Waals surface area contributed by atoms with Gasteiger partial charge in [-0.05, 0) is 25.5 Å². The Hall–Kier alpha value is -2.81. The lowest BCUT2D eigenvalue weighted by atomic mass is 10.3. The third-order valence-corrected chi connectivity index (χ3v) is 4.93. The molecule has 0 aromatic carbocycles. The van der Waals surface area contributed by atoms with E-state index < -0.39 is 5.97 Å². The van der Waals surface area contributed by atoms with Crippen molar-refractivity contribution in [2.75, 3.05) is 19.7 Å². The summed E-state index contributed by atoms with van der Waals surface area (Å²) in [6, 6.07) is 3.68. The SMILES string of the molecule is CCOC(=O)CCC(=O)N1CCCN1C(=O)c1csc(-c2cccnc2)n1. The van der Waals surface area contributed by atoms with Crippen molar-refractivity contribution in [3.05, 3.63) is 35.6 Å².